The number of carbonyl (C=O) groups is 1. The van der Waals surface area contributed by atoms with Crippen LogP contribution in [0.1, 0.15) is 19.8 Å². The van der Waals surface area contributed by atoms with E-state index in [-0.39, 0.29) is 12.5 Å². The minimum Gasteiger partial charge on any atom is -0.343 e. The number of hydrogen-bond donors (Lipinski definition) is 1. The summed E-state index contributed by atoms with van der Waals surface area (Å²) < 4.78 is 0. The molecular weight excluding hydrogens is 116 g/mol. The van der Waals surface area contributed by atoms with E-state index in [9.17, 15) is 4.79 Å². The molecule has 0 bridgehead atoms. The molecule has 0 aromatic heterocycles. The molecule has 50 valence electrons. The van der Waals surface area contributed by atoms with Crippen LogP contribution in [-0.4, -0.2) is 12.5 Å². The van der Waals surface area contributed by atoms with E-state index in [2.05, 4.69) is 5.32 Å². The van der Waals surface area contributed by atoms with E-state index in [1.807, 2.05) is 13.0 Å². The van der Waals surface area contributed by atoms with Crippen LogP contribution in [0.5, 0.6) is 0 Å². The molecule has 0 fully saturated rings. The SMILES string of the molecule is CCCC(=O)NCC#N. The monoisotopic (exact) mass is 126 g/mol. The first-order valence-corrected chi connectivity index (χ1v) is 2.95. The number of hydrogen-bond acceptors (Lipinski definition) is 2. The summed E-state index contributed by atoms with van der Waals surface area (Å²) in [5.74, 6) is -0.0425. The van der Waals surface area contributed by atoms with Crippen molar-refractivity contribution < 1.29 is 4.79 Å². The Bertz CT molecular complexity index is 126. The third kappa shape index (κ3) is 4.82. The molecule has 0 aromatic rings. The lowest BCUT2D eigenvalue weighted by Gasteiger charge is -1.95. The lowest BCUT2D eigenvalue weighted by Crippen LogP contribution is -2.22. The van der Waals surface area contributed by atoms with Gasteiger partial charge in [-0.3, -0.25) is 4.79 Å². The smallest absolute Gasteiger partial charge is 0.220 e. The van der Waals surface area contributed by atoms with Gasteiger partial charge in [-0.1, -0.05) is 6.92 Å². The van der Waals surface area contributed by atoms with Gasteiger partial charge in [-0.15, -0.1) is 0 Å². The molecule has 0 radical (unpaired) electrons. The molecule has 0 spiro atoms. The molecule has 0 saturated heterocycles. The highest BCUT2D eigenvalue weighted by Gasteiger charge is 1.94. The van der Waals surface area contributed by atoms with Crippen LogP contribution in [0.15, 0.2) is 0 Å². The van der Waals surface area contributed by atoms with Gasteiger partial charge in [-0.05, 0) is 6.42 Å². The van der Waals surface area contributed by atoms with Crippen molar-refractivity contribution in [2.45, 2.75) is 19.8 Å². The van der Waals surface area contributed by atoms with E-state index >= 15 is 0 Å². The Morgan fingerprint density at radius 2 is 2.44 bits per heavy atom. The summed E-state index contributed by atoms with van der Waals surface area (Å²) in [5, 5.41) is 10.5. The predicted molar refractivity (Wildman–Crippen MR) is 33.5 cm³/mol. The second-order valence-corrected chi connectivity index (χ2v) is 1.68. The largest absolute Gasteiger partial charge is 0.343 e. The molecule has 0 aromatic carbocycles. The highest BCUT2D eigenvalue weighted by Crippen LogP contribution is 1.83. The molecule has 0 unspecified atom stereocenters. The Morgan fingerprint density at radius 3 is 2.89 bits per heavy atom. The molecule has 1 N–H and O–H groups in total. The molecule has 1 amide bonds. The van der Waals surface area contributed by atoms with Crippen LogP contribution in [0.25, 0.3) is 0 Å². The normalized spacial score (nSPS) is 8.00. The van der Waals surface area contributed by atoms with Gasteiger partial charge in [-0.25, -0.2) is 0 Å². The standard InChI is InChI=1S/C6H10N2O/c1-2-3-6(9)8-5-4-7/h2-3,5H2,1H3,(H,8,9). The maximum absolute atomic E-state index is 10.5. The van der Waals surface area contributed by atoms with Crippen LogP contribution >= 0.6 is 0 Å². The summed E-state index contributed by atoms with van der Waals surface area (Å²) in [7, 11) is 0. The fraction of sp³-hybridized carbons (Fsp3) is 0.667. The van der Waals surface area contributed by atoms with Crippen molar-refractivity contribution in [2.24, 2.45) is 0 Å². The van der Waals surface area contributed by atoms with Crippen molar-refractivity contribution in [3.05, 3.63) is 0 Å². The van der Waals surface area contributed by atoms with E-state index in [0.717, 1.165) is 6.42 Å². The minimum absolute atomic E-state index is 0.0425. The molecule has 3 nitrogen and oxygen atoms in total. The summed E-state index contributed by atoms with van der Waals surface area (Å²) in [4.78, 5) is 10.5. The number of amides is 1. The molecule has 0 atom stereocenters. The van der Waals surface area contributed by atoms with Crippen molar-refractivity contribution in [3.63, 3.8) is 0 Å². The van der Waals surface area contributed by atoms with Crippen LogP contribution in [0.2, 0.25) is 0 Å². The average Bonchev–Trinajstić information content (AvgIpc) is 1.85. The summed E-state index contributed by atoms with van der Waals surface area (Å²) in [6.07, 6.45) is 1.35. The highest BCUT2D eigenvalue weighted by atomic mass is 16.1. The summed E-state index contributed by atoms with van der Waals surface area (Å²) in [5.41, 5.74) is 0. The van der Waals surface area contributed by atoms with E-state index < -0.39 is 0 Å². The number of carbonyl (C=O) groups excluding carboxylic acids is 1. The van der Waals surface area contributed by atoms with Crippen LogP contribution < -0.4 is 5.32 Å². The summed E-state index contributed by atoms with van der Waals surface area (Å²) in [6.45, 7) is 2.05. The van der Waals surface area contributed by atoms with Gasteiger partial charge in [0.1, 0.15) is 6.54 Å². The maximum Gasteiger partial charge on any atom is 0.220 e. The fourth-order valence-corrected chi connectivity index (χ4v) is 0.454. The Labute approximate surface area is 54.7 Å². The average molecular weight is 126 g/mol. The molecular formula is C6H10N2O. The zero-order valence-electron chi connectivity index (χ0n) is 5.48. The Hall–Kier alpha value is -1.04. The van der Waals surface area contributed by atoms with Crippen molar-refractivity contribution in [1.82, 2.24) is 5.32 Å². The predicted octanol–water partition coefficient (Wildman–Crippen LogP) is 0.426. The van der Waals surface area contributed by atoms with Gasteiger partial charge in [-0.2, -0.15) is 5.26 Å². The fourth-order valence-electron chi connectivity index (χ4n) is 0.454. The van der Waals surface area contributed by atoms with Crippen LogP contribution in [0, 0.1) is 11.3 Å². The van der Waals surface area contributed by atoms with Gasteiger partial charge in [0.05, 0.1) is 6.07 Å². The molecule has 0 aliphatic rings. The van der Waals surface area contributed by atoms with E-state index in [0.29, 0.717) is 6.42 Å². The van der Waals surface area contributed by atoms with Crippen molar-refractivity contribution in [3.8, 4) is 6.07 Å². The number of nitrogens with one attached hydrogen (secondary N) is 1. The topological polar surface area (TPSA) is 52.9 Å². The lowest BCUT2D eigenvalue weighted by molar-refractivity contribution is -0.120. The van der Waals surface area contributed by atoms with Crippen LogP contribution in [-0.2, 0) is 4.79 Å². The van der Waals surface area contributed by atoms with Crippen LogP contribution in [0.4, 0.5) is 0 Å². The molecule has 0 saturated carbocycles. The maximum atomic E-state index is 10.5. The zero-order chi connectivity index (χ0) is 7.11. The third-order valence-electron chi connectivity index (χ3n) is 0.842. The summed E-state index contributed by atoms with van der Waals surface area (Å²) in [6, 6.07) is 1.83. The first kappa shape index (κ1) is 7.96. The van der Waals surface area contributed by atoms with E-state index in [1.165, 1.54) is 0 Å². The number of nitriles is 1. The van der Waals surface area contributed by atoms with Gasteiger partial charge in [0.2, 0.25) is 5.91 Å². The lowest BCUT2D eigenvalue weighted by atomic mass is 10.3. The quantitative estimate of drug-likeness (QED) is 0.557. The van der Waals surface area contributed by atoms with Crippen molar-refractivity contribution in [2.75, 3.05) is 6.54 Å². The van der Waals surface area contributed by atoms with Gasteiger partial charge in [0.15, 0.2) is 0 Å². The third-order valence-corrected chi connectivity index (χ3v) is 0.842. The second-order valence-electron chi connectivity index (χ2n) is 1.68. The van der Waals surface area contributed by atoms with Gasteiger partial charge < -0.3 is 5.32 Å². The second kappa shape index (κ2) is 5.10. The highest BCUT2D eigenvalue weighted by molar-refractivity contribution is 5.75. The van der Waals surface area contributed by atoms with Gasteiger partial charge in [0.25, 0.3) is 0 Å². The molecule has 9 heavy (non-hydrogen) atoms. The Kier molecular flexibility index (Phi) is 4.51. The van der Waals surface area contributed by atoms with E-state index in [4.69, 9.17) is 5.26 Å². The Morgan fingerprint density at radius 1 is 1.78 bits per heavy atom. The zero-order valence-corrected chi connectivity index (χ0v) is 5.48. The van der Waals surface area contributed by atoms with Gasteiger partial charge >= 0.3 is 0 Å². The number of rotatable bonds is 3. The molecule has 0 aliphatic carbocycles. The van der Waals surface area contributed by atoms with Gasteiger partial charge in [0, 0.05) is 6.42 Å². The number of nitrogens with zero attached hydrogens (tertiary/aromatic N) is 1. The van der Waals surface area contributed by atoms with Crippen molar-refractivity contribution in [1.29, 1.82) is 5.26 Å². The van der Waals surface area contributed by atoms with Crippen molar-refractivity contribution >= 4 is 5.91 Å². The van der Waals surface area contributed by atoms with Crippen LogP contribution in [0.3, 0.4) is 0 Å². The minimum atomic E-state index is -0.0425. The molecule has 0 heterocycles. The Balaban J connectivity index is 3.19. The first-order valence-electron chi connectivity index (χ1n) is 2.95. The molecule has 0 aliphatic heterocycles. The van der Waals surface area contributed by atoms with E-state index in [1.54, 1.807) is 0 Å². The molecule has 0 rings (SSSR count). The first-order chi connectivity index (χ1) is 4.31. The molecule has 3 heteroatoms. The summed E-state index contributed by atoms with van der Waals surface area (Å²) >= 11 is 0.